The molecule has 0 radical (unpaired) electrons. The average Bonchev–Trinajstić information content (AvgIpc) is 3.36. The van der Waals surface area contributed by atoms with Gasteiger partial charge in [0, 0.05) is 5.69 Å². The molecule has 0 unspecified atom stereocenters. The molecule has 134 valence electrons. The monoisotopic (exact) mass is 371 g/mol. The Morgan fingerprint density at radius 2 is 2.04 bits per heavy atom. The summed E-state index contributed by atoms with van der Waals surface area (Å²) >= 11 is 1.30. The Kier molecular flexibility index (Phi) is 4.46. The van der Waals surface area contributed by atoms with E-state index in [4.69, 9.17) is 5.11 Å². The number of tetrazole rings is 1. The summed E-state index contributed by atoms with van der Waals surface area (Å²) in [7, 11) is 0. The number of rotatable bonds is 6. The third-order valence-electron chi connectivity index (χ3n) is 4.77. The zero-order valence-electron chi connectivity index (χ0n) is 13.8. The minimum atomic E-state index is -0.999. The maximum Gasteiger partial charge on any atom is 0.335 e. The van der Waals surface area contributed by atoms with Gasteiger partial charge in [-0.3, -0.25) is 4.79 Å². The number of thioether (sulfide) groups is 1. The molecule has 0 aliphatic heterocycles. The minimum absolute atomic E-state index is 0.177. The number of carbonyl (C=O) groups is 2. The summed E-state index contributed by atoms with van der Waals surface area (Å²) in [6.45, 7) is 0. The maximum atomic E-state index is 12.1. The van der Waals surface area contributed by atoms with Crippen LogP contribution >= 0.6 is 11.8 Å². The lowest BCUT2D eigenvalue weighted by Crippen LogP contribution is -2.18. The number of carbonyl (C=O) groups excluding carboxylic acids is 1. The molecule has 1 aromatic heterocycles. The zero-order valence-corrected chi connectivity index (χ0v) is 14.6. The second-order valence-electron chi connectivity index (χ2n) is 6.47. The summed E-state index contributed by atoms with van der Waals surface area (Å²) in [5.74, 6) is 0.0762. The largest absolute Gasteiger partial charge is 0.478 e. The first-order valence-electron chi connectivity index (χ1n) is 8.32. The fourth-order valence-corrected chi connectivity index (χ4v) is 4.28. The molecule has 2 bridgehead atoms. The zero-order chi connectivity index (χ0) is 18.1. The van der Waals surface area contributed by atoms with Gasteiger partial charge in [0.05, 0.1) is 17.4 Å². The van der Waals surface area contributed by atoms with Crippen LogP contribution in [0.15, 0.2) is 41.6 Å². The molecule has 4 rings (SSSR count). The number of carboxylic acids is 1. The van der Waals surface area contributed by atoms with Crippen molar-refractivity contribution in [3.63, 3.8) is 0 Å². The number of nitrogens with one attached hydrogen (secondary N) is 1. The van der Waals surface area contributed by atoms with Crippen molar-refractivity contribution in [3.8, 4) is 0 Å². The first kappa shape index (κ1) is 16.8. The van der Waals surface area contributed by atoms with Crippen molar-refractivity contribution in [1.82, 2.24) is 20.2 Å². The number of hydrogen-bond acceptors (Lipinski definition) is 6. The number of fused-ring (bicyclic) bond motifs is 2. The number of anilines is 1. The smallest absolute Gasteiger partial charge is 0.335 e. The van der Waals surface area contributed by atoms with Crippen LogP contribution in [0, 0.1) is 11.8 Å². The molecule has 0 spiro atoms. The molecular weight excluding hydrogens is 354 g/mol. The van der Waals surface area contributed by atoms with E-state index >= 15 is 0 Å². The van der Waals surface area contributed by atoms with Gasteiger partial charge in [-0.05, 0) is 59.4 Å². The summed E-state index contributed by atoms with van der Waals surface area (Å²) in [6.07, 6.45) is 6.70. The molecule has 8 nitrogen and oxygen atoms in total. The van der Waals surface area contributed by atoms with Crippen LogP contribution in [0.1, 0.15) is 29.2 Å². The number of aromatic nitrogens is 4. The van der Waals surface area contributed by atoms with Crippen molar-refractivity contribution in [2.24, 2.45) is 11.8 Å². The van der Waals surface area contributed by atoms with Crippen LogP contribution in [0.3, 0.4) is 0 Å². The van der Waals surface area contributed by atoms with Crippen molar-refractivity contribution < 1.29 is 14.7 Å². The molecule has 1 aromatic carbocycles. The van der Waals surface area contributed by atoms with Gasteiger partial charge in [-0.2, -0.15) is 0 Å². The Morgan fingerprint density at radius 3 is 2.69 bits per heavy atom. The molecule has 1 amide bonds. The molecule has 9 heteroatoms. The van der Waals surface area contributed by atoms with Gasteiger partial charge in [0.1, 0.15) is 0 Å². The SMILES string of the molecule is O=C(CSc1nnnn1[C@@H]1C[C@H]2C=C[C@H]1C2)Nc1ccc(C(=O)O)cc1. The lowest BCUT2D eigenvalue weighted by atomic mass is 10.0. The van der Waals surface area contributed by atoms with E-state index in [1.54, 1.807) is 12.1 Å². The number of allylic oxidation sites excluding steroid dienone is 2. The third kappa shape index (κ3) is 3.34. The molecule has 2 aliphatic carbocycles. The fourth-order valence-electron chi connectivity index (χ4n) is 3.54. The Labute approximate surface area is 153 Å². The highest BCUT2D eigenvalue weighted by Crippen LogP contribution is 2.46. The Morgan fingerprint density at radius 1 is 1.23 bits per heavy atom. The van der Waals surface area contributed by atoms with E-state index in [0.717, 1.165) is 12.8 Å². The highest BCUT2D eigenvalue weighted by Gasteiger charge is 2.38. The topological polar surface area (TPSA) is 110 Å². The van der Waals surface area contributed by atoms with Crippen LogP contribution in [0.5, 0.6) is 0 Å². The predicted octanol–water partition coefficient (Wildman–Crippen LogP) is 2.24. The molecular formula is C17H17N5O3S. The second kappa shape index (κ2) is 6.91. The first-order valence-corrected chi connectivity index (χ1v) is 9.31. The van der Waals surface area contributed by atoms with E-state index in [9.17, 15) is 9.59 Å². The molecule has 26 heavy (non-hydrogen) atoms. The van der Waals surface area contributed by atoms with Crippen LogP contribution in [0.2, 0.25) is 0 Å². The van der Waals surface area contributed by atoms with Crippen molar-refractivity contribution in [2.75, 3.05) is 11.1 Å². The van der Waals surface area contributed by atoms with Gasteiger partial charge in [0.2, 0.25) is 11.1 Å². The normalized spacial score (nSPS) is 23.3. The molecule has 2 aliphatic rings. The number of hydrogen-bond donors (Lipinski definition) is 2. The Balaban J connectivity index is 1.34. The summed E-state index contributed by atoms with van der Waals surface area (Å²) in [5, 5.41) is 24.2. The third-order valence-corrected chi connectivity index (χ3v) is 5.70. The van der Waals surface area contributed by atoms with E-state index in [2.05, 4.69) is 33.0 Å². The summed E-state index contributed by atoms with van der Waals surface area (Å²) in [4.78, 5) is 23.0. The standard InChI is InChI=1S/C17H17N5O3S/c23-15(18-13-5-3-11(4-6-13)16(24)25)9-26-17-19-20-21-22(17)14-8-10-1-2-12(14)7-10/h1-6,10,12,14H,7-9H2,(H,18,23)(H,24,25)/t10-,12-,14+/m0/s1. The van der Waals surface area contributed by atoms with Crippen molar-refractivity contribution in [3.05, 3.63) is 42.0 Å². The summed E-state index contributed by atoms with van der Waals surface area (Å²) in [5.41, 5.74) is 0.731. The molecule has 1 heterocycles. The van der Waals surface area contributed by atoms with Gasteiger partial charge in [-0.1, -0.05) is 23.9 Å². The lowest BCUT2D eigenvalue weighted by molar-refractivity contribution is -0.113. The fraction of sp³-hybridized carbons (Fsp3) is 0.353. The van der Waals surface area contributed by atoms with Gasteiger partial charge in [-0.25, -0.2) is 9.48 Å². The van der Waals surface area contributed by atoms with Crippen LogP contribution in [0.4, 0.5) is 5.69 Å². The van der Waals surface area contributed by atoms with Gasteiger partial charge in [-0.15, -0.1) is 5.10 Å². The van der Waals surface area contributed by atoms with Crippen molar-refractivity contribution >= 4 is 29.3 Å². The number of amides is 1. The van der Waals surface area contributed by atoms with Gasteiger partial charge >= 0.3 is 5.97 Å². The minimum Gasteiger partial charge on any atom is -0.478 e. The average molecular weight is 371 g/mol. The number of carboxylic acid groups (broad SMARTS) is 1. The highest BCUT2D eigenvalue weighted by atomic mass is 32.2. The van der Waals surface area contributed by atoms with Crippen LogP contribution in [0.25, 0.3) is 0 Å². The molecule has 3 atom stereocenters. The predicted molar refractivity (Wildman–Crippen MR) is 95.0 cm³/mol. The van der Waals surface area contributed by atoms with Crippen LogP contribution < -0.4 is 5.32 Å². The molecule has 0 saturated heterocycles. The van der Waals surface area contributed by atoms with Crippen molar-refractivity contribution in [2.45, 2.75) is 24.0 Å². The molecule has 1 fully saturated rings. The van der Waals surface area contributed by atoms with Crippen LogP contribution in [-0.2, 0) is 4.79 Å². The van der Waals surface area contributed by atoms with E-state index in [-0.39, 0.29) is 23.3 Å². The maximum absolute atomic E-state index is 12.1. The lowest BCUT2D eigenvalue weighted by Gasteiger charge is -2.18. The Bertz CT molecular complexity index is 864. The molecule has 1 saturated carbocycles. The van der Waals surface area contributed by atoms with Crippen molar-refractivity contribution in [1.29, 1.82) is 0 Å². The number of nitrogens with zero attached hydrogens (tertiary/aromatic N) is 4. The number of aromatic carboxylic acids is 1. The Hall–Kier alpha value is -2.68. The summed E-state index contributed by atoms with van der Waals surface area (Å²) in [6, 6.07) is 6.31. The van der Waals surface area contributed by atoms with E-state index in [0.29, 0.717) is 22.7 Å². The second-order valence-corrected chi connectivity index (χ2v) is 7.42. The first-order chi connectivity index (χ1) is 12.6. The quantitative estimate of drug-likeness (QED) is 0.592. The van der Waals surface area contributed by atoms with E-state index in [1.807, 2.05) is 4.68 Å². The number of benzene rings is 1. The van der Waals surface area contributed by atoms with Crippen LogP contribution in [-0.4, -0.2) is 42.9 Å². The summed E-state index contributed by atoms with van der Waals surface area (Å²) < 4.78 is 1.84. The molecule has 2 N–H and O–H groups in total. The van der Waals surface area contributed by atoms with Gasteiger partial charge in [0.15, 0.2) is 0 Å². The highest BCUT2D eigenvalue weighted by molar-refractivity contribution is 7.99. The molecule has 2 aromatic rings. The van der Waals surface area contributed by atoms with E-state index in [1.165, 1.54) is 23.9 Å². The van der Waals surface area contributed by atoms with Gasteiger partial charge < -0.3 is 10.4 Å². The van der Waals surface area contributed by atoms with Gasteiger partial charge in [0.25, 0.3) is 0 Å². The van der Waals surface area contributed by atoms with E-state index < -0.39 is 5.97 Å².